The molecular weight excluding hydrogens is 329 g/mol. The summed E-state index contributed by atoms with van der Waals surface area (Å²) < 4.78 is 44.7. The Balaban J connectivity index is 2.14. The molecule has 1 amide bonds. The van der Waals surface area contributed by atoms with Crippen molar-refractivity contribution >= 4 is 17.3 Å². The van der Waals surface area contributed by atoms with Gasteiger partial charge in [-0.1, -0.05) is 12.1 Å². The lowest BCUT2D eigenvalue weighted by Crippen LogP contribution is -2.30. The third-order valence-electron chi connectivity index (χ3n) is 3.03. The van der Waals surface area contributed by atoms with Crippen molar-refractivity contribution in [1.82, 2.24) is 0 Å². The molecule has 0 bridgehead atoms. The number of ether oxygens (including phenoxy) is 1. The summed E-state index contributed by atoms with van der Waals surface area (Å²) in [4.78, 5) is 22.1. The second kappa shape index (κ2) is 6.99. The maximum absolute atomic E-state index is 13.5. The third kappa shape index (κ3) is 3.62. The third-order valence-corrected chi connectivity index (χ3v) is 3.03. The van der Waals surface area contributed by atoms with Crippen molar-refractivity contribution in [3.63, 3.8) is 0 Å². The van der Waals surface area contributed by atoms with Gasteiger partial charge in [0, 0.05) is 6.07 Å². The van der Waals surface area contributed by atoms with E-state index < -0.39 is 40.1 Å². The molecule has 0 aromatic heterocycles. The minimum Gasteiger partial charge on any atom is -0.474 e. The number of nitrogens with zero attached hydrogens (tertiary/aromatic N) is 1. The molecule has 1 N–H and O–H groups in total. The zero-order valence-electron chi connectivity index (χ0n) is 12.3. The van der Waals surface area contributed by atoms with E-state index in [1.165, 1.54) is 31.2 Å². The van der Waals surface area contributed by atoms with E-state index in [1.807, 2.05) is 5.32 Å². The number of rotatable bonds is 5. The molecule has 0 aliphatic rings. The topological polar surface area (TPSA) is 81.5 Å². The predicted octanol–water partition coefficient (Wildman–Crippen LogP) is 3.42. The molecule has 2 aromatic carbocycles. The summed E-state index contributed by atoms with van der Waals surface area (Å²) >= 11 is 0. The number of carbonyl (C=O) groups excluding carboxylic acids is 1. The standard InChI is InChI=1S/C15H11F3N2O4/c1-8(24-12-5-3-2-4-11(12)20(22)23)15(21)19-10-7-6-9(16)13(17)14(10)18/h2-8H,1H3,(H,19,21)/t8-/m0/s1. The Kier molecular flexibility index (Phi) is 5.02. The number of nitro benzene ring substituents is 1. The molecule has 2 rings (SSSR count). The highest BCUT2D eigenvalue weighted by Gasteiger charge is 2.22. The fraction of sp³-hybridized carbons (Fsp3) is 0.133. The molecule has 6 nitrogen and oxygen atoms in total. The average molecular weight is 340 g/mol. The average Bonchev–Trinajstić information content (AvgIpc) is 2.55. The Labute approximate surface area is 134 Å². The van der Waals surface area contributed by atoms with Gasteiger partial charge in [0.15, 0.2) is 29.3 Å². The second-order valence-corrected chi connectivity index (χ2v) is 4.70. The van der Waals surface area contributed by atoms with Crippen LogP contribution in [0.1, 0.15) is 6.92 Å². The number of amides is 1. The number of hydrogen-bond donors (Lipinski definition) is 1. The number of nitro groups is 1. The van der Waals surface area contributed by atoms with Crippen LogP contribution in [0.25, 0.3) is 0 Å². The van der Waals surface area contributed by atoms with E-state index in [0.717, 1.165) is 6.07 Å². The van der Waals surface area contributed by atoms with Crippen LogP contribution in [0.3, 0.4) is 0 Å². The van der Waals surface area contributed by atoms with Crippen LogP contribution in [-0.2, 0) is 4.79 Å². The number of carbonyl (C=O) groups is 1. The summed E-state index contributed by atoms with van der Waals surface area (Å²) in [6.45, 7) is 1.27. The van der Waals surface area contributed by atoms with E-state index in [9.17, 15) is 28.1 Å². The van der Waals surface area contributed by atoms with Gasteiger partial charge >= 0.3 is 5.69 Å². The number of benzene rings is 2. The van der Waals surface area contributed by atoms with Gasteiger partial charge in [-0.05, 0) is 25.1 Å². The van der Waals surface area contributed by atoms with Crippen LogP contribution >= 0.6 is 0 Å². The van der Waals surface area contributed by atoms with Crippen molar-refractivity contribution in [3.8, 4) is 5.75 Å². The maximum atomic E-state index is 13.5. The van der Waals surface area contributed by atoms with Gasteiger partial charge in [-0.3, -0.25) is 14.9 Å². The molecule has 0 aliphatic heterocycles. The van der Waals surface area contributed by atoms with Crippen LogP contribution in [0, 0.1) is 27.6 Å². The zero-order valence-corrected chi connectivity index (χ0v) is 12.3. The number of para-hydroxylation sites is 2. The molecule has 126 valence electrons. The Morgan fingerprint density at radius 3 is 2.50 bits per heavy atom. The molecular formula is C15H11F3N2O4. The first kappa shape index (κ1) is 17.3. The molecule has 0 saturated carbocycles. The first-order valence-corrected chi connectivity index (χ1v) is 6.65. The van der Waals surface area contributed by atoms with Crippen LogP contribution in [0.5, 0.6) is 5.75 Å². The summed E-state index contributed by atoms with van der Waals surface area (Å²) in [6.07, 6.45) is -1.25. The van der Waals surface area contributed by atoms with E-state index >= 15 is 0 Å². The Morgan fingerprint density at radius 2 is 1.83 bits per heavy atom. The van der Waals surface area contributed by atoms with Gasteiger partial charge in [-0.25, -0.2) is 13.2 Å². The van der Waals surface area contributed by atoms with Gasteiger partial charge in [0.1, 0.15) is 0 Å². The summed E-state index contributed by atoms with van der Waals surface area (Å²) in [5, 5.41) is 12.9. The summed E-state index contributed by atoms with van der Waals surface area (Å²) in [5.41, 5.74) is -0.923. The van der Waals surface area contributed by atoms with Gasteiger partial charge in [0.2, 0.25) is 0 Å². The van der Waals surface area contributed by atoms with Crippen molar-refractivity contribution in [2.45, 2.75) is 13.0 Å². The SMILES string of the molecule is C[C@H](Oc1ccccc1[N+](=O)[O-])C(=O)Nc1ccc(F)c(F)c1F. The lowest BCUT2D eigenvalue weighted by atomic mass is 10.2. The molecule has 0 spiro atoms. The van der Waals surface area contributed by atoms with E-state index in [-0.39, 0.29) is 11.4 Å². The van der Waals surface area contributed by atoms with Gasteiger partial charge < -0.3 is 10.1 Å². The maximum Gasteiger partial charge on any atom is 0.310 e. The molecule has 1 atom stereocenters. The second-order valence-electron chi connectivity index (χ2n) is 4.70. The van der Waals surface area contributed by atoms with Crippen molar-refractivity contribution in [2.75, 3.05) is 5.32 Å². The fourth-order valence-corrected chi connectivity index (χ4v) is 1.81. The minimum atomic E-state index is -1.72. The largest absolute Gasteiger partial charge is 0.474 e. The van der Waals surface area contributed by atoms with Gasteiger partial charge in [0.25, 0.3) is 5.91 Å². The first-order valence-electron chi connectivity index (χ1n) is 6.65. The molecule has 2 aromatic rings. The van der Waals surface area contributed by atoms with Gasteiger partial charge in [0.05, 0.1) is 10.6 Å². The summed E-state index contributed by atoms with van der Waals surface area (Å²) in [6, 6.07) is 6.88. The lowest BCUT2D eigenvalue weighted by Gasteiger charge is -2.15. The lowest BCUT2D eigenvalue weighted by molar-refractivity contribution is -0.386. The van der Waals surface area contributed by atoms with E-state index in [0.29, 0.717) is 6.07 Å². The van der Waals surface area contributed by atoms with Crippen LogP contribution in [0.15, 0.2) is 36.4 Å². The molecule has 24 heavy (non-hydrogen) atoms. The van der Waals surface area contributed by atoms with Crippen molar-refractivity contribution in [1.29, 1.82) is 0 Å². The van der Waals surface area contributed by atoms with Crippen molar-refractivity contribution in [3.05, 3.63) is 64.0 Å². The monoisotopic (exact) mass is 340 g/mol. The zero-order chi connectivity index (χ0) is 17.9. The van der Waals surface area contributed by atoms with Crippen LogP contribution in [0.4, 0.5) is 24.5 Å². The smallest absolute Gasteiger partial charge is 0.310 e. The molecule has 0 aliphatic carbocycles. The normalized spacial score (nSPS) is 11.7. The number of halogens is 3. The van der Waals surface area contributed by atoms with Crippen molar-refractivity contribution < 1.29 is 27.6 Å². The molecule has 0 heterocycles. The summed E-state index contributed by atoms with van der Waals surface area (Å²) in [5.74, 6) is -5.72. The highest BCUT2D eigenvalue weighted by molar-refractivity contribution is 5.94. The number of hydrogen-bond acceptors (Lipinski definition) is 4. The van der Waals surface area contributed by atoms with E-state index in [1.54, 1.807) is 0 Å². The van der Waals surface area contributed by atoms with Crippen LogP contribution in [-0.4, -0.2) is 16.9 Å². The highest BCUT2D eigenvalue weighted by atomic mass is 19.2. The van der Waals surface area contributed by atoms with Crippen LogP contribution in [0.2, 0.25) is 0 Å². The van der Waals surface area contributed by atoms with Crippen molar-refractivity contribution in [2.24, 2.45) is 0 Å². The Hall–Kier alpha value is -3.10. The van der Waals surface area contributed by atoms with E-state index in [4.69, 9.17) is 4.74 Å². The quantitative estimate of drug-likeness (QED) is 0.514. The predicted molar refractivity (Wildman–Crippen MR) is 78.1 cm³/mol. The molecule has 0 fully saturated rings. The molecule has 9 heteroatoms. The Bertz CT molecular complexity index is 798. The summed E-state index contributed by atoms with van der Waals surface area (Å²) in [7, 11) is 0. The number of anilines is 1. The number of nitrogens with one attached hydrogen (secondary N) is 1. The first-order chi connectivity index (χ1) is 11.3. The van der Waals surface area contributed by atoms with E-state index in [2.05, 4.69) is 0 Å². The highest BCUT2D eigenvalue weighted by Crippen LogP contribution is 2.27. The molecule has 0 saturated heterocycles. The van der Waals surface area contributed by atoms with Gasteiger partial charge in [-0.15, -0.1) is 0 Å². The fourth-order valence-electron chi connectivity index (χ4n) is 1.81. The molecule has 0 radical (unpaired) electrons. The van der Waals surface area contributed by atoms with Crippen LogP contribution < -0.4 is 10.1 Å². The minimum absolute atomic E-state index is 0.157. The van der Waals surface area contributed by atoms with Gasteiger partial charge in [-0.2, -0.15) is 0 Å². The Morgan fingerprint density at radius 1 is 1.17 bits per heavy atom. The molecule has 0 unspecified atom stereocenters.